The van der Waals surface area contributed by atoms with Crippen LogP contribution < -0.4 is 10.6 Å². The first-order valence-electron chi connectivity index (χ1n) is 7.29. The zero-order valence-electron chi connectivity index (χ0n) is 12.1. The highest BCUT2D eigenvalue weighted by Gasteiger charge is 2.25. The van der Waals surface area contributed by atoms with Gasteiger partial charge in [-0.2, -0.15) is 0 Å². The lowest BCUT2D eigenvalue weighted by Crippen LogP contribution is -2.20. The lowest BCUT2D eigenvalue weighted by Gasteiger charge is -2.17. The fourth-order valence-electron chi connectivity index (χ4n) is 2.26. The Balaban J connectivity index is 2.13. The van der Waals surface area contributed by atoms with Crippen molar-refractivity contribution in [2.75, 3.05) is 17.2 Å². The number of nitrogens with zero attached hydrogens (tertiary/aromatic N) is 2. The van der Waals surface area contributed by atoms with E-state index in [1.54, 1.807) is 0 Å². The molecule has 1 heterocycles. The summed E-state index contributed by atoms with van der Waals surface area (Å²) in [6.45, 7) is 4.76. The highest BCUT2D eigenvalue weighted by atomic mass is 16.6. The topological polar surface area (TPSA) is 80.1 Å². The number of pyridine rings is 1. The molecule has 0 amide bonds. The molecule has 1 atom stereocenters. The van der Waals surface area contributed by atoms with Gasteiger partial charge in [0.25, 0.3) is 5.69 Å². The van der Waals surface area contributed by atoms with E-state index < -0.39 is 0 Å². The van der Waals surface area contributed by atoms with Crippen LogP contribution in [0.25, 0.3) is 0 Å². The largest absolute Gasteiger partial charge is 0.370 e. The van der Waals surface area contributed by atoms with Crippen molar-refractivity contribution in [2.45, 2.75) is 45.6 Å². The van der Waals surface area contributed by atoms with Crippen LogP contribution in [0.15, 0.2) is 12.1 Å². The van der Waals surface area contributed by atoms with Crippen molar-refractivity contribution in [1.82, 2.24) is 4.98 Å². The molecule has 2 N–H and O–H groups in total. The number of anilines is 2. The Hall–Kier alpha value is -1.85. The van der Waals surface area contributed by atoms with Gasteiger partial charge in [-0.05, 0) is 25.7 Å². The van der Waals surface area contributed by atoms with Gasteiger partial charge >= 0.3 is 0 Å². The molecule has 0 aromatic carbocycles. The Morgan fingerprint density at radius 2 is 2.10 bits per heavy atom. The number of aromatic nitrogens is 1. The van der Waals surface area contributed by atoms with Crippen molar-refractivity contribution in [3.63, 3.8) is 0 Å². The molecule has 110 valence electrons. The number of nitrogens with one attached hydrogen (secondary N) is 2. The van der Waals surface area contributed by atoms with Crippen molar-refractivity contribution in [1.29, 1.82) is 0 Å². The normalized spacial score (nSPS) is 15.7. The lowest BCUT2D eigenvalue weighted by molar-refractivity contribution is -0.384. The maximum Gasteiger partial charge on any atom is 0.276 e. The summed E-state index contributed by atoms with van der Waals surface area (Å²) in [5.41, 5.74) is 0.0692. The molecule has 1 aromatic rings. The molecule has 2 rings (SSSR count). The second kappa shape index (κ2) is 6.54. The fourth-order valence-corrected chi connectivity index (χ4v) is 2.26. The third-order valence-corrected chi connectivity index (χ3v) is 3.54. The SMILES string of the molecule is CCNc1cc([N+](=O)[O-])cc(NC(CC)CC2CC2)n1. The molecule has 1 fully saturated rings. The van der Waals surface area contributed by atoms with E-state index in [0.29, 0.717) is 24.2 Å². The molecule has 0 spiro atoms. The first-order chi connectivity index (χ1) is 9.62. The number of hydrogen-bond donors (Lipinski definition) is 2. The number of nitro groups is 1. The summed E-state index contributed by atoms with van der Waals surface area (Å²) < 4.78 is 0. The van der Waals surface area contributed by atoms with E-state index >= 15 is 0 Å². The monoisotopic (exact) mass is 278 g/mol. The molecular formula is C14H22N4O2. The molecule has 1 saturated carbocycles. The Bertz CT molecular complexity index is 474. The van der Waals surface area contributed by atoms with Crippen LogP contribution in [0.4, 0.5) is 17.3 Å². The van der Waals surface area contributed by atoms with E-state index in [-0.39, 0.29) is 10.6 Å². The Morgan fingerprint density at radius 3 is 2.65 bits per heavy atom. The van der Waals surface area contributed by atoms with Gasteiger partial charge in [0, 0.05) is 12.6 Å². The quantitative estimate of drug-likeness (QED) is 0.562. The van der Waals surface area contributed by atoms with Crippen LogP contribution in [-0.4, -0.2) is 22.5 Å². The van der Waals surface area contributed by atoms with Gasteiger partial charge in [0.2, 0.25) is 0 Å². The zero-order valence-corrected chi connectivity index (χ0v) is 12.1. The maximum atomic E-state index is 11.0. The van der Waals surface area contributed by atoms with Crippen LogP contribution in [0, 0.1) is 16.0 Å². The molecule has 1 aliphatic carbocycles. The fraction of sp³-hybridized carbons (Fsp3) is 0.643. The van der Waals surface area contributed by atoms with Gasteiger partial charge < -0.3 is 10.6 Å². The van der Waals surface area contributed by atoms with Crippen LogP contribution in [0.5, 0.6) is 0 Å². The van der Waals surface area contributed by atoms with Gasteiger partial charge in [0.05, 0.1) is 17.1 Å². The second-order valence-corrected chi connectivity index (χ2v) is 5.31. The Morgan fingerprint density at radius 1 is 1.40 bits per heavy atom. The summed E-state index contributed by atoms with van der Waals surface area (Å²) in [5, 5.41) is 17.3. The molecule has 1 aliphatic rings. The van der Waals surface area contributed by atoms with Crippen molar-refractivity contribution in [3.8, 4) is 0 Å². The molecule has 0 bridgehead atoms. The Labute approximate surface area is 119 Å². The van der Waals surface area contributed by atoms with Crippen LogP contribution in [0.2, 0.25) is 0 Å². The highest BCUT2D eigenvalue weighted by molar-refractivity contribution is 5.55. The van der Waals surface area contributed by atoms with Crippen LogP contribution in [-0.2, 0) is 0 Å². The second-order valence-electron chi connectivity index (χ2n) is 5.31. The van der Waals surface area contributed by atoms with Gasteiger partial charge in [0.1, 0.15) is 11.6 Å². The maximum absolute atomic E-state index is 11.0. The van der Waals surface area contributed by atoms with E-state index in [0.717, 1.165) is 18.8 Å². The average Bonchev–Trinajstić information content (AvgIpc) is 3.22. The van der Waals surface area contributed by atoms with E-state index in [2.05, 4.69) is 22.5 Å². The van der Waals surface area contributed by atoms with Gasteiger partial charge in [0.15, 0.2) is 0 Å². The standard InChI is InChI=1S/C14H22N4O2/c1-3-11(7-10-5-6-10)16-14-9-12(18(19)20)8-13(17-14)15-4-2/h8-11H,3-7H2,1-2H3,(H2,15,16,17). The third-order valence-electron chi connectivity index (χ3n) is 3.54. The van der Waals surface area contributed by atoms with E-state index in [9.17, 15) is 10.1 Å². The van der Waals surface area contributed by atoms with Gasteiger partial charge in [-0.1, -0.05) is 19.8 Å². The molecule has 1 unspecified atom stereocenters. The number of hydrogen-bond acceptors (Lipinski definition) is 5. The summed E-state index contributed by atoms with van der Waals surface area (Å²) in [7, 11) is 0. The predicted molar refractivity (Wildman–Crippen MR) is 80.1 cm³/mol. The summed E-state index contributed by atoms with van der Waals surface area (Å²) in [4.78, 5) is 15.0. The minimum Gasteiger partial charge on any atom is -0.370 e. The van der Waals surface area contributed by atoms with E-state index in [1.165, 1.54) is 25.0 Å². The summed E-state index contributed by atoms with van der Waals surface area (Å²) >= 11 is 0. The molecule has 20 heavy (non-hydrogen) atoms. The number of rotatable bonds is 8. The minimum atomic E-state index is -0.379. The highest BCUT2D eigenvalue weighted by Crippen LogP contribution is 2.35. The van der Waals surface area contributed by atoms with E-state index in [4.69, 9.17) is 0 Å². The van der Waals surface area contributed by atoms with Gasteiger partial charge in [-0.15, -0.1) is 0 Å². The summed E-state index contributed by atoms with van der Waals surface area (Å²) in [6.07, 6.45) is 4.74. The molecular weight excluding hydrogens is 256 g/mol. The van der Waals surface area contributed by atoms with Crippen molar-refractivity contribution in [3.05, 3.63) is 22.2 Å². The first-order valence-corrected chi connectivity index (χ1v) is 7.29. The predicted octanol–water partition coefficient (Wildman–Crippen LogP) is 3.41. The molecule has 0 radical (unpaired) electrons. The van der Waals surface area contributed by atoms with Crippen molar-refractivity contribution < 1.29 is 4.92 Å². The lowest BCUT2D eigenvalue weighted by atomic mass is 10.1. The third kappa shape index (κ3) is 4.08. The molecule has 6 nitrogen and oxygen atoms in total. The first kappa shape index (κ1) is 14.6. The Kier molecular flexibility index (Phi) is 4.76. The van der Waals surface area contributed by atoms with Crippen LogP contribution in [0.3, 0.4) is 0 Å². The molecule has 0 aliphatic heterocycles. The van der Waals surface area contributed by atoms with Crippen LogP contribution in [0.1, 0.15) is 39.5 Å². The summed E-state index contributed by atoms with van der Waals surface area (Å²) in [5.74, 6) is 1.95. The molecule has 6 heteroatoms. The van der Waals surface area contributed by atoms with Crippen molar-refractivity contribution >= 4 is 17.3 Å². The summed E-state index contributed by atoms with van der Waals surface area (Å²) in [6, 6.07) is 3.32. The van der Waals surface area contributed by atoms with Gasteiger partial charge in [-0.25, -0.2) is 4.98 Å². The van der Waals surface area contributed by atoms with Gasteiger partial charge in [-0.3, -0.25) is 10.1 Å². The average molecular weight is 278 g/mol. The van der Waals surface area contributed by atoms with Crippen LogP contribution >= 0.6 is 0 Å². The molecule has 1 aromatic heterocycles. The minimum absolute atomic E-state index is 0.0692. The van der Waals surface area contributed by atoms with Crippen molar-refractivity contribution in [2.24, 2.45) is 5.92 Å². The van der Waals surface area contributed by atoms with E-state index in [1.807, 2.05) is 6.92 Å². The zero-order chi connectivity index (χ0) is 14.5. The molecule has 0 saturated heterocycles. The smallest absolute Gasteiger partial charge is 0.276 e.